The summed E-state index contributed by atoms with van der Waals surface area (Å²) in [6.07, 6.45) is 0.512. The highest BCUT2D eigenvalue weighted by Crippen LogP contribution is 2.39. The highest BCUT2D eigenvalue weighted by atomic mass is 16.5. The van der Waals surface area contributed by atoms with Crippen LogP contribution in [0.25, 0.3) is 5.57 Å². The monoisotopic (exact) mass is 213 g/mol. The van der Waals surface area contributed by atoms with Gasteiger partial charge in [0.2, 0.25) is 0 Å². The zero-order valence-electron chi connectivity index (χ0n) is 9.20. The number of ether oxygens (including phenoxy) is 1. The van der Waals surface area contributed by atoms with Gasteiger partial charge in [-0.3, -0.25) is 0 Å². The summed E-state index contributed by atoms with van der Waals surface area (Å²) in [5.41, 5.74) is 1.39. The highest BCUT2D eigenvalue weighted by molar-refractivity contribution is 5.91. The molecule has 1 aliphatic rings. The summed E-state index contributed by atoms with van der Waals surface area (Å²) in [6, 6.07) is 7.13. The predicted octanol–water partition coefficient (Wildman–Crippen LogP) is 2.33. The molecule has 3 nitrogen and oxygen atoms in total. The third-order valence-electron chi connectivity index (χ3n) is 2.55. The van der Waals surface area contributed by atoms with Crippen LogP contribution in [0.1, 0.15) is 31.4 Å². The number of nitrogens with zero attached hydrogens (tertiary/aromatic N) is 1. The first-order valence-electron chi connectivity index (χ1n) is 5.03. The van der Waals surface area contributed by atoms with Gasteiger partial charge in [-0.25, -0.2) is 4.79 Å². The number of fused-ring (bicyclic) bond motifs is 1. The van der Waals surface area contributed by atoms with Crippen LogP contribution in [-0.2, 0) is 4.79 Å². The molecule has 0 saturated carbocycles. The van der Waals surface area contributed by atoms with Gasteiger partial charge >= 0.3 is 0 Å². The lowest BCUT2D eigenvalue weighted by atomic mass is 9.89. The molecule has 16 heavy (non-hydrogen) atoms. The lowest BCUT2D eigenvalue weighted by Crippen LogP contribution is -2.32. The normalized spacial score (nSPS) is 16.7. The SMILES string of the molecule is CC1(C)CC(=C=O)c2cc(C#N)ccc2O1. The maximum atomic E-state index is 10.9. The number of hydrogen-bond donors (Lipinski definition) is 0. The molecule has 0 unspecified atom stereocenters. The molecule has 0 radical (unpaired) electrons. The lowest BCUT2D eigenvalue weighted by molar-refractivity contribution is 0.108. The van der Waals surface area contributed by atoms with Crippen LogP contribution in [0.15, 0.2) is 18.2 Å². The molecule has 1 aromatic carbocycles. The van der Waals surface area contributed by atoms with E-state index in [4.69, 9.17) is 10.00 Å². The van der Waals surface area contributed by atoms with Crippen molar-refractivity contribution in [3.63, 3.8) is 0 Å². The molecule has 0 aliphatic carbocycles. The minimum atomic E-state index is -0.395. The van der Waals surface area contributed by atoms with Crippen molar-refractivity contribution in [1.29, 1.82) is 5.26 Å². The van der Waals surface area contributed by atoms with Crippen LogP contribution in [0.2, 0.25) is 0 Å². The molecule has 0 amide bonds. The summed E-state index contributed by atoms with van der Waals surface area (Å²) in [6.45, 7) is 3.84. The summed E-state index contributed by atoms with van der Waals surface area (Å²) in [7, 11) is 0. The Kier molecular flexibility index (Phi) is 2.30. The van der Waals surface area contributed by atoms with Gasteiger partial charge in [0, 0.05) is 12.0 Å². The molecule has 1 heterocycles. The third kappa shape index (κ3) is 1.71. The fourth-order valence-electron chi connectivity index (χ4n) is 1.87. The minimum Gasteiger partial charge on any atom is -0.487 e. The summed E-state index contributed by atoms with van der Waals surface area (Å²) in [5, 5.41) is 8.80. The first-order valence-corrected chi connectivity index (χ1v) is 5.03. The molecule has 1 aliphatic heterocycles. The predicted molar refractivity (Wildman–Crippen MR) is 59.6 cm³/mol. The standard InChI is InChI=1S/C13H11NO2/c1-13(2)6-10(8-15)11-5-9(7-14)3-4-12(11)16-13/h3-5H,6H2,1-2H3. The minimum absolute atomic E-state index is 0.395. The fourth-order valence-corrected chi connectivity index (χ4v) is 1.87. The van der Waals surface area contributed by atoms with Crippen LogP contribution >= 0.6 is 0 Å². The van der Waals surface area contributed by atoms with Crippen LogP contribution in [0.5, 0.6) is 5.75 Å². The summed E-state index contributed by atoms with van der Waals surface area (Å²) >= 11 is 0. The highest BCUT2D eigenvalue weighted by Gasteiger charge is 2.30. The molecular weight excluding hydrogens is 202 g/mol. The molecule has 80 valence electrons. The van der Waals surface area contributed by atoms with Crippen molar-refractivity contribution in [1.82, 2.24) is 0 Å². The van der Waals surface area contributed by atoms with Crippen LogP contribution < -0.4 is 4.74 Å². The molecule has 0 spiro atoms. The number of nitriles is 1. The number of benzene rings is 1. The van der Waals surface area contributed by atoms with E-state index in [0.717, 1.165) is 0 Å². The van der Waals surface area contributed by atoms with Crippen LogP contribution in [0.3, 0.4) is 0 Å². The van der Waals surface area contributed by atoms with Crippen LogP contribution in [0.4, 0.5) is 0 Å². The smallest absolute Gasteiger partial charge is 0.128 e. The van der Waals surface area contributed by atoms with Crippen molar-refractivity contribution in [2.45, 2.75) is 25.9 Å². The molecule has 0 N–H and O–H groups in total. The molecular formula is C13H11NO2. The van der Waals surface area contributed by atoms with Crippen molar-refractivity contribution in [2.24, 2.45) is 0 Å². The molecule has 2 rings (SSSR count). The second-order valence-electron chi connectivity index (χ2n) is 4.44. The van der Waals surface area contributed by atoms with Gasteiger partial charge in [0.25, 0.3) is 0 Å². The summed E-state index contributed by atoms with van der Waals surface area (Å²) < 4.78 is 5.74. The van der Waals surface area contributed by atoms with Gasteiger partial charge in [-0.1, -0.05) is 0 Å². The Morgan fingerprint density at radius 2 is 2.19 bits per heavy atom. The van der Waals surface area contributed by atoms with Gasteiger partial charge in [-0.2, -0.15) is 5.26 Å². The van der Waals surface area contributed by atoms with E-state index in [0.29, 0.717) is 28.9 Å². The van der Waals surface area contributed by atoms with Crippen molar-refractivity contribution in [3.8, 4) is 11.8 Å². The number of carbonyl (C=O) groups excluding carboxylic acids is 1. The van der Waals surface area contributed by atoms with Gasteiger partial charge in [-0.05, 0) is 32.0 Å². The second kappa shape index (κ2) is 3.52. The van der Waals surface area contributed by atoms with E-state index in [-0.39, 0.29) is 0 Å². The second-order valence-corrected chi connectivity index (χ2v) is 4.44. The maximum absolute atomic E-state index is 10.9. The number of hydrogen-bond acceptors (Lipinski definition) is 3. The molecule has 0 saturated heterocycles. The molecule has 0 atom stereocenters. The molecule has 3 heteroatoms. The topological polar surface area (TPSA) is 50.1 Å². The number of rotatable bonds is 0. The van der Waals surface area contributed by atoms with Gasteiger partial charge in [0.1, 0.15) is 17.3 Å². The van der Waals surface area contributed by atoms with Crippen molar-refractivity contribution in [2.75, 3.05) is 0 Å². The lowest BCUT2D eigenvalue weighted by Gasteiger charge is -2.32. The van der Waals surface area contributed by atoms with Gasteiger partial charge in [-0.15, -0.1) is 0 Å². The first kappa shape index (κ1) is 10.5. The van der Waals surface area contributed by atoms with E-state index in [9.17, 15) is 4.79 Å². The van der Waals surface area contributed by atoms with E-state index >= 15 is 0 Å². The Hall–Kier alpha value is -2.04. The Bertz CT molecular complexity index is 531. The molecule has 1 aromatic rings. The average Bonchev–Trinajstić information content (AvgIpc) is 2.26. The van der Waals surface area contributed by atoms with E-state index in [1.54, 1.807) is 18.2 Å². The van der Waals surface area contributed by atoms with E-state index in [2.05, 4.69) is 0 Å². The zero-order chi connectivity index (χ0) is 11.8. The summed E-state index contributed by atoms with van der Waals surface area (Å²) in [4.78, 5) is 10.9. The Morgan fingerprint density at radius 3 is 2.81 bits per heavy atom. The van der Waals surface area contributed by atoms with E-state index in [1.807, 2.05) is 25.9 Å². The van der Waals surface area contributed by atoms with Crippen molar-refractivity contribution >= 4 is 11.5 Å². The van der Waals surface area contributed by atoms with E-state index < -0.39 is 5.60 Å². The largest absolute Gasteiger partial charge is 0.487 e. The van der Waals surface area contributed by atoms with Crippen LogP contribution in [0, 0.1) is 11.3 Å². The van der Waals surface area contributed by atoms with Gasteiger partial charge in [0.05, 0.1) is 17.2 Å². The molecule has 0 aromatic heterocycles. The van der Waals surface area contributed by atoms with Crippen LogP contribution in [-0.4, -0.2) is 11.5 Å². The Balaban J connectivity index is 2.61. The molecule has 0 bridgehead atoms. The summed E-state index contributed by atoms with van der Waals surface area (Å²) in [5.74, 6) is 2.59. The van der Waals surface area contributed by atoms with Gasteiger partial charge < -0.3 is 4.74 Å². The van der Waals surface area contributed by atoms with Gasteiger partial charge in [0.15, 0.2) is 0 Å². The Morgan fingerprint density at radius 1 is 1.44 bits per heavy atom. The van der Waals surface area contributed by atoms with E-state index in [1.165, 1.54) is 0 Å². The first-order chi connectivity index (χ1) is 7.55. The zero-order valence-corrected chi connectivity index (χ0v) is 9.20. The maximum Gasteiger partial charge on any atom is 0.128 e. The third-order valence-corrected chi connectivity index (χ3v) is 2.55. The molecule has 0 fully saturated rings. The fraction of sp³-hybridized carbons (Fsp3) is 0.308. The van der Waals surface area contributed by atoms with Crippen molar-refractivity contribution < 1.29 is 9.53 Å². The Labute approximate surface area is 94.0 Å². The quantitative estimate of drug-likeness (QED) is 0.621. The average molecular weight is 213 g/mol. The van der Waals surface area contributed by atoms with Crippen molar-refractivity contribution in [3.05, 3.63) is 29.3 Å².